The van der Waals surface area contributed by atoms with Crippen LogP contribution < -0.4 is 0 Å². The third-order valence-corrected chi connectivity index (χ3v) is 12.0. The van der Waals surface area contributed by atoms with E-state index in [-0.39, 0.29) is 43.3 Å². The van der Waals surface area contributed by atoms with Crippen LogP contribution in [0.3, 0.4) is 0 Å². The van der Waals surface area contributed by atoms with Crippen LogP contribution in [-0.4, -0.2) is 113 Å². The van der Waals surface area contributed by atoms with E-state index in [4.69, 9.17) is 9.47 Å². The second-order valence-corrected chi connectivity index (χ2v) is 15.3. The highest BCUT2D eigenvalue weighted by atomic mass is 16.7. The highest BCUT2D eigenvalue weighted by Crippen LogP contribution is 2.64. The molecule has 1 heterocycles. The Kier molecular flexibility index (Phi) is 9.12. The molecule has 4 aliphatic carbocycles. The molecule has 5 rings (SSSR count). The number of ether oxygens (including phenoxy) is 2. The summed E-state index contributed by atoms with van der Waals surface area (Å²) in [7, 11) is 0. The van der Waals surface area contributed by atoms with Gasteiger partial charge in [0.05, 0.1) is 36.1 Å². The predicted octanol–water partition coefficient (Wildman–Crippen LogP) is 0.628. The van der Waals surface area contributed by atoms with Gasteiger partial charge in [0, 0.05) is 23.7 Å². The Balaban J connectivity index is 1.28. The van der Waals surface area contributed by atoms with Gasteiger partial charge in [-0.1, -0.05) is 25.5 Å². The summed E-state index contributed by atoms with van der Waals surface area (Å²) < 4.78 is 11.4. The van der Waals surface area contributed by atoms with Crippen LogP contribution >= 0.6 is 0 Å². The molecule has 0 amide bonds. The number of hydrogen-bond acceptors (Lipinski definition) is 11. The molecule has 0 aromatic heterocycles. The second kappa shape index (κ2) is 11.8. The predicted molar refractivity (Wildman–Crippen MR) is 158 cm³/mol. The Morgan fingerprint density at radius 3 is 2.39 bits per heavy atom. The standard InChI is InChI=1S/C33H52O11/c1-30(2,44-29-28(41)27(40)26(39)23(15-34)43-29)10-9-25(38)33(5,42)24-7-6-17-16-12-20(35)19-13-21(36)22(37)14-32(19,4)18(16)8-11-31(17,24)3/h6,19,21-29,34,36-42H,7-15H2,1-5H3. The summed E-state index contributed by atoms with van der Waals surface area (Å²) in [5.74, 6) is -0.553. The van der Waals surface area contributed by atoms with E-state index in [1.54, 1.807) is 20.8 Å². The van der Waals surface area contributed by atoms with Crippen molar-refractivity contribution in [2.24, 2.45) is 22.7 Å². The lowest BCUT2D eigenvalue weighted by atomic mass is 9.50. The average Bonchev–Trinajstić information content (AvgIpc) is 3.31. The van der Waals surface area contributed by atoms with Crippen molar-refractivity contribution in [2.75, 3.05) is 6.61 Å². The molecule has 250 valence electrons. The Morgan fingerprint density at radius 2 is 1.73 bits per heavy atom. The molecule has 0 aromatic carbocycles. The molecule has 1 saturated heterocycles. The van der Waals surface area contributed by atoms with E-state index in [9.17, 15) is 45.6 Å². The van der Waals surface area contributed by atoms with Crippen LogP contribution in [-0.2, 0) is 14.3 Å². The minimum absolute atomic E-state index is 0.0826. The summed E-state index contributed by atoms with van der Waals surface area (Å²) in [6.45, 7) is 8.70. The number of aliphatic hydroxyl groups excluding tert-OH is 7. The Bertz CT molecular complexity index is 1180. The fourth-order valence-corrected chi connectivity index (χ4v) is 9.14. The summed E-state index contributed by atoms with van der Waals surface area (Å²) in [5.41, 5.74) is -0.195. The molecule has 11 heteroatoms. The number of allylic oxidation sites excluding steroid dienone is 4. The maximum atomic E-state index is 13.4. The molecule has 44 heavy (non-hydrogen) atoms. The van der Waals surface area contributed by atoms with Gasteiger partial charge in [-0.25, -0.2) is 0 Å². The van der Waals surface area contributed by atoms with E-state index in [1.807, 2.05) is 6.92 Å². The summed E-state index contributed by atoms with van der Waals surface area (Å²) in [6, 6.07) is 0. The fraction of sp³-hybridized carbons (Fsp3) is 0.848. The zero-order valence-corrected chi connectivity index (χ0v) is 26.5. The Labute approximate surface area is 259 Å². The number of Topliss-reactive ketones (excluding diaryl/α,β-unsaturated/α-hetero) is 1. The van der Waals surface area contributed by atoms with E-state index < -0.39 is 77.7 Å². The average molecular weight is 625 g/mol. The quantitative estimate of drug-likeness (QED) is 0.189. The maximum Gasteiger partial charge on any atom is 0.187 e. The number of fused-ring (bicyclic) bond motifs is 4. The molecule has 1 saturated carbocycles. The zero-order valence-electron chi connectivity index (χ0n) is 26.5. The molecule has 0 aromatic rings. The minimum Gasteiger partial charge on any atom is -0.394 e. The van der Waals surface area contributed by atoms with E-state index in [2.05, 4.69) is 13.0 Å². The first-order valence-corrected chi connectivity index (χ1v) is 16.1. The third-order valence-electron chi connectivity index (χ3n) is 12.0. The zero-order chi connectivity index (χ0) is 32.6. The van der Waals surface area contributed by atoms with Crippen LogP contribution in [0.1, 0.15) is 86.0 Å². The van der Waals surface area contributed by atoms with Crippen LogP contribution in [0.4, 0.5) is 0 Å². The van der Waals surface area contributed by atoms with Crippen molar-refractivity contribution in [3.05, 3.63) is 22.8 Å². The smallest absolute Gasteiger partial charge is 0.187 e. The lowest BCUT2D eigenvalue weighted by Crippen LogP contribution is -2.60. The lowest BCUT2D eigenvalue weighted by molar-refractivity contribution is -0.324. The molecule has 1 aliphatic heterocycles. The van der Waals surface area contributed by atoms with Crippen LogP contribution in [0.25, 0.3) is 0 Å². The number of rotatable bonds is 8. The molecule has 13 atom stereocenters. The number of aliphatic hydroxyl groups is 8. The number of hydrogen-bond donors (Lipinski definition) is 8. The highest BCUT2D eigenvalue weighted by Gasteiger charge is 2.59. The van der Waals surface area contributed by atoms with Crippen molar-refractivity contribution in [2.45, 2.75) is 146 Å². The van der Waals surface area contributed by atoms with Gasteiger partial charge in [-0.3, -0.25) is 4.79 Å². The van der Waals surface area contributed by atoms with Gasteiger partial charge >= 0.3 is 0 Å². The maximum absolute atomic E-state index is 13.4. The van der Waals surface area contributed by atoms with Crippen molar-refractivity contribution in [3.8, 4) is 0 Å². The van der Waals surface area contributed by atoms with Crippen LogP contribution in [0, 0.1) is 22.7 Å². The Morgan fingerprint density at radius 1 is 1.05 bits per heavy atom. The van der Waals surface area contributed by atoms with Gasteiger partial charge in [-0.2, -0.15) is 0 Å². The van der Waals surface area contributed by atoms with Gasteiger partial charge in [0.15, 0.2) is 6.29 Å². The van der Waals surface area contributed by atoms with Gasteiger partial charge in [0.1, 0.15) is 30.2 Å². The van der Waals surface area contributed by atoms with Crippen molar-refractivity contribution in [1.29, 1.82) is 0 Å². The molecule has 5 aliphatic rings. The van der Waals surface area contributed by atoms with Crippen molar-refractivity contribution in [3.63, 3.8) is 0 Å². The van der Waals surface area contributed by atoms with Gasteiger partial charge in [0.25, 0.3) is 0 Å². The molecule has 13 unspecified atom stereocenters. The molecule has 11 nitrogen and oxygen atoms in total. The molecule has 0 spiro atoms. The number of carbonyl (C=O) groups excluding carboxylic acids is 1. The molecule has 0 radical (unpaired) electrons. The van der Waals surface area contributed by atoms with E-state index in [1.165, 1.54) is 5.57 Å². The fourth-order valence-electron chi connectivity index (χ4n) is 9.14. The van der Waals surface area contributed by atoms with Crippen LogP contribution in [0.5, 0.6) is 0 Å². The van der Waals surface area contributed by atoms with Gasteiger partial charge < -0.3 is 50.3 Å². The van der Waals surface area contributed by atoms with E-state index in [0.717, 1.165) is 24.0 Å². The monoisotopic (exact) mass is 624 g/mol. The van der Waals surface area contributed by atoms with Crippen LogP contribution in [0.15, 0.2) is 22.8 Å². The van der Waals surface area contributed by atoms with E-state index >= 15 is 0 Å². The van der Waals surface area contributed by atoms with Gasteiger partial charge in [-0.15, -0.1) is 0 Å². The lowest BCUT2D eigenvalue weighted by Gasteiger charge is -2.54. The summed E-state index contributed by atoms with van der Waals surface area (Å²) in [4.78, 5) is 13.4. The first-order valence-electron chi connectivity index (χ1n) is 16.1. The third kappa shape index (κ3) is 5.55. The van der Waals surface area contributed by atoms with Crippen molar-refractivity contribution in [1.82, 2.24) is 0 Å². The van der Waals surface area contributed by atoms with Crippen molar-refractivity contribution >= 4 is 5.78 Å². The summed E-state index contributed by atoms with van der Waals surface area (Å²) in [6.07, 6.45) is -4.51. The van der Waals surface area contributed by atoms with Gasteiger partial charge in [0.2, 0.25) is 0 Å². The molecule has 2 fully saturated rings. The Hall–Kier alpha value is -1.25. The number of ketones is 1. The first kappa shape index (κ1) is 34.1. The van der Waals surface area contributed by atoms with Crippen molar-refractivity contribution < 1.29 is 55.1 Å². The molecule has 8 N–H and O–H groups in total. The van der Waals surface area contributed by atoms with Crippen LogP contribution in [0.2, 0.25) is 0 Å². The van der Waals surface area contributed by atoms with Gasteiger partial charge in [-0.05, 0) is 82.3 Å². The minimum atomic E-state index is -1.56. The first-order chi connectivity index (χ1) is 20.4. The molecular weight excluding hydrogens is 572 g/mol. The SMILES string of the molecule is CC(C)(CCC(O)C(C)(O)C1CC=C2C3=C(CCC21C)C1(C)CC(O)C(O)CC1C(=O)C3)OC1OC(CO)C(O)C(O)C1O. The molecule has 0 bridgehead atoms. The summed E-state index contributed by atoms with van der Waals surface area (Å²) in [5, 5.41) is 84.2. The highest BCUT2D eigenvalue weighted by molar-refractivity contribution is 5.88. The topological polar surface area (TPSA) is 197 Å². The number of carbonyl (C=O) groups is 1. The normalized spacial score (nSPS) is 44.8. The summed E-state index contributed by atoms with van der Waals surface area (Å²) >= 11 is 0. The molecular formula is C33H52O11. The largest absolute Gasteiger partial charge is 0.394 e. The second-order valence-electron chi connectivity index (χ2n) is 15.3. The van der Waals surface area contributed by atoms with E-state index in [0.29, 0.717) is 12.8 Å².